The van der Waals surface area contributed by atoms with Gasteiger partial charge in [0.15, 0.2) is 16.8 Å². The zero-order valence-corrected chi connectivity index (χ0v) is 15.0. The Morgan fingerprint density at radius 1 is 1.21 bits per heavy atom. The molecule has 0 aliphatic heterocycles. The Morgan fingerprint density at radius 2 is 1.86 bits per heavy atom. The van der Waals surface area contributed by atoms with E-state index in [2.05, 4.69) is 19.8 Å². The highest BCUT2D eigenvalue weighted by molar-refractivity contribution is 6.29. The zero-order valence-electron chi connectivity index (χ0n) is 14.3. The molecule has 1 N–H and O–H groups in total. The van der Waals surface area contributed by atoms with E-state index >= 15 is 0 Å². The fourth-order valence-corrected chi connectivity index (χ4v) is 2.23. The van der Waals surface area contributed by atoms with E-state index in [9.17, 15) is 27.2 Å². The highest BCUT2D eigenvalue weighted by Crippen LogP contribution is 2.28. The van der Waals surface area contributed by atoms with Crippen LogP contribution in [0.15, 0.2) is 30.3 Å². The Balaban J connectivity index is 2.26. The van der Waals surface area contributed by atoms with Crippen molar-refractivity contribution in [2.45, 2.75) is 19.7 Å². The zero-order chi connectivity index (χ0) is 20.9. The molecule has 11 heteroatoms. The molecule has 0 radical (unpaired) electrons. The molecule has 0 unspecified atom stereocenters. The van der Waals surface area contributed by atoms with Gasteiger partial charge in [0.25, 0.3) is 0 Å². The van der Waals surface area contributed by atoms with Crippen molar-refractivity contribution in [1.29, 1.82) is 0 Å². The highest BCUT2D eigenvalue weighted by atomic mass is 35.5. The topological polar surface area (TPSA) is 77.5 Å². The van der Waals surface area contributed by atoms with Gasteiger partial charge in [-0.15, -0.1) is 13.2 Å². The average Bonchev–Trinajstić information content (AvgIpc) is 2.58. The minimum absolute atomic E-state index is 0.0663. The summed E-state index contributed by atoms with van der Waals surface area (Å²) in [6, 6.07) is 5.31. The molecule has 0 aliphatic carbocycles. The molecule has 0 amide bonds. The number of benzene rings is 1. The summed E-state index contributed by atoms with van der Waals surface area (Å²) in [4.78, 5) is 27.5. The van der Waals surface area contributed by atoms with Crippen LogP contribution in [0.4, 0.5) is 29.1 Å². The maximum atomic E-state index is 13.7. The molecule has 0 bridgehead atoms. The van der Waals surface area contributed by atoms with Crippen LogP contribution in [0.5, 0.6) is 5.75 Å². The number of carbonyl (C=O) groups is 2. The lowest BCUT2D eigenvalue weighted by molar-refractivity contribution is -0.274. The van der Waals surface area contributed by atoms with E-state index < -0.39 is 41.3 Å². The summed E-state index contributed by atoms with van der Waals surface area (Å²) in [5, 5.41) is 2.11. The molecule has 6 nitrogen and oxygen atoms in total. The first-order valence-electron chi connectivity index (χ1n) is 7.76. The Kier molecular flexibility index (Phi) is 6.79. The van der Waals surface area contributed by atoms with Gasteiger partial charge in [-0.25, -0.2) is 9.37 Å². The Labute approximate surface area is 161 Å². The number of nitrogens with zero attached hydrogens (tertiary/aromatic N) is 1. The van der Waals surface area contributed by atoms with E-state index in [-0.39, 0.29) is 23.7 Å². The van der Waals surface area contributed by atoms with Crippen LogP contribution in [-0.2, 0) is 9.53 Å². The molecular formula is C17H13ClF4N2O4. The van der Waals surface area contributed by atoms with Gasteiger partial charge < -0.3 is 14.8 Å². The summed E-state index contributed by atoms with van der Waals surface area (Å²) in [7, 11) is 0. The fraction of sp³-hybridized carbons (Fsp3) is 0.235. The monoisotopic (exact) mass is 420 g/mol. The number of anilines is 2. The van der Waals surface area contributed by atoms with Crippen molar-refractivity contribution >= 4 is 34.9 Å². The molecule has 0 saturated heterocycles. The third-order valence-corrected chi connectivity index (χ3v) is 3.46. The SMILES string of the molecule is CCOC(=O)CC(=O)c1cc(F)c(Cl)nc1Nc1ccc(OC(F)(F)F)cc1. The van der Waals surface area contributed by atoms with Crippen molar-refractivity contribution in [2.75, 3.05) is 11.9 Å². The van der Waals surface area contributed by atoms with Gasteiger partial charge in [0.1, 0.15) is 18.0 Å². The van der Waals surface area contributed by atoms with Crippen LogP contribution in [0.25, 0.3) is 0 Å². The summed E-state index contributed by atoms with van der Waals surface area (Å²) in [6.07, 6.45) is -5.49. The van der Waals surface area contributed by atoms with E-state index in [1.54, 1.807) is 6.92 Å². The van der Waals surface area contributed by atoms with Crippen molar-refractivity contribution in [3.63, 3.8) is 0 Å². The summed E-state index contributed by atoms with van der Waals surface area (Å²) < 4.78 is 58.8. The third kappa shape index (κ3) is 6.08. The number of halogens is 5. The second-order valence-electron chi connectivity index (χ2n) is 5.26. The van der Waals surface area contributed by atoms with E-state index in [0.717, 1.165) is 18.2 Å². The number of pyridine rings is 1. The Morgan fingerprint density at radius 3 is 2.43 bits per heavy atom. The maximum Gasteiger partial charge on any atom is 0.573 e. The molecule has 2 aromatic rings. The number of hydrogen-bond acceptors (Lipinski definition) is 6. The van der Waals surface area contributed by atoms with Crippen LogP contribution in [0, 0.1) is 5.82 Å². The number of aromatic nitrogens is 1. The second-order valence-corrected chi connectivity index (χ2v) is 5.62. The number of alkyl halides is 3. The van der Waals surface area contributed by atoms with Gasteiger partial charge >= 0.3 is 12.3 Å². The molecule has 2 rings (SSSR count). The molecule has 1 aromatic heterocycles. The average molecular weight is 421 g/mol. The third-order valence-electron chi connectivity index (χ3n) is 3.19. The Bertz CT molecular complexity index is 873. The second kappa shape index (κ2) is 8.87. The first kappa shape index (κ1) is 21.4. The summed E-state index contributed by atoms with van der Waals surface area (Å²) >= 11 is 5.64. The lowest BCUT2D eigenvalue weighted by Gasteiger charge is -2.13. The first-order chi connectivity index (χ1) is 13.1. The largest absolute Gasteiger partial charge is 0.573 e. The van der Waals surface area contributed by atoms with Crippen LogP contribution in [0.3, 0.4) is 0 Å². The lowest BCUT2D eigenvalue weighted by Crippen LogP contribution is -2.17. The van der Waals surface area contributed by atoms with Gasteiger partial charge in [-0.05, 0) is 37.3 Å². The standard InChI is InChI=1S/C17H13ClF4N2O4/c1-2-27-14(26)8-13(25)11-7-12(19)15(18)24-16(11)23-9-3-5-10(6-4-9)28-17(20,21)22/h3-7H,2,8H2,1H3,(H,23,24). The molecule has 0 fully saturated rings. The summed E-state index contributed by atoms with van der Waals surface area (Å²) in [5.74, 6) is -3.19. The van der Waals surface area contributed by atoms with Crippen molar-refractivity contribution in [3.05, 3.63) is 46.9 Å². The van der Waals surface area contributed by atoms with Crippen molar-refractivity contribution in [1.82, 2.24) is 4.98 Å². The molecular weight excluding hydrogens is 408 g/mol. The van der Waals surface area contributed by atoms with Crippen LogP contribution in [0.1, 0.15) is 23.7 Å². The van der Waals surface area contributed by atoms with Gasteiger partial charge in [-0.1, -0.05) is 11.6 Å². The molecule has 0 atom stereocenters. The first-order valence-corrected chi connectivity index (χ1v) is 8.14. The van der Waals surface area contributed by atoms with Crippen LogP contribution < -0.4 is 10.1 Å². The molecule has 1 heterocycles. The van der Waals surface area contributed by atoms with Gasteiger partial charge in [-0.3, -0.25) is 9.59 Å². The van der Waals surface area contributed by atoms with Gasteiger partial charge in [-0.2, -0.15) is 0 Å². The Hall–Kier alpha value is -2.88. The number of rotatable bonds is 7. The molecule has 150 valence electrons. The van der Waals surface area contributed by atoms with Crippen LogP contribution >= 0.6 is 11.6 Å². The van der Waals surface area contributed by atoms with Gasteiger partial charge in [0.2, 0.25) is 0 Å². The number of ketones is 1. The summed E-state index contributed by atoms with van der Waals surface area (Å²) in [5.41, 5.74) is -0.0551. The molecule has 0 spiro atoms. The van der Waals surface area contributed by atoms with Crippen LogP contribution in [-0.4, -0.2) is 29.7 Å². The van der Waals surface area contributed by atoms with Gasteiger partial charge in [0, 0.05) is 5.69 Å². The van der Waals surface area contributed by atoms with Crippen molar-refractivity contribution < 1.29 is 36.6 Å². The number of ether oxygens (including phenoxy) is 2. The molecule has 0 saturated carbocycles. The van der Waals surface area contributed by atoms with Crippen molar-refractivity contribution in [2.24, 2.45) is 0 Å². The molecule has 1 aromatic carbocycles. The predicted octanol–water partition coefficient (Wildman–Crippen LogP) is 4.65. The molecule has 28 heavy (non-hydrogen) atoms. The summed E-state index contributed by atoms with van der Waals surface area (Å²) in [6.45, 7) is 1.63. The van der Waals surface area contributed by atoms with Crippen molar-refractivity contribution in [3.8, 4) is 5.75 Å². The lowest BCUT2D eigenvalue weighted by atomic mass is 10.1. The number of nitrogens with one attached hydrogen (secondary N) is 1. The normalized spacial score (nSPS) is 11.1. The number of Topliss-reactive ketones (excluding diaryl/α,β-unsaturated/α-hetero) is 1. The van der Waals surface area contributed by atoms with E-state index in [4.69, 9.17) is 11.6 Å². The smallest absolute Gasteiger partial charge is 0.466 e. The predicted molar refractivity (Wildman–Crippen MR) is 91.2 cm³/mol. The van der Waals surface area contributed by atoms with E-state index in [0.29, 0.717) is 0 Å². The minimum atomic E-state index is -4.84. The van der Waals surface area contributed by atoms with Gasteiger partial charge in [0.05, 0.1) is 12.2 Å². The quantitative estimate of drug-likeness (QED) is 0.231. The number of hydrogen-bond donors (Lipinski definition) is 1. The fourth-order valence-electron chi connectivity index (χ4n) is 2.09. The number of esters is 1. The van der Waals surface area contributed by atoms with E-state index in [1.165, 1.54) is 12.1 Å². The van der Waals surface area contributed by atoms with Crippen LogP contribution in [0.2, 0.25) is 5.15 Å². The number of carbonyl (C=O) groups excluding carboxylic acids is 2. The molecule has 0 aliphatic rings. The van der Waals surface area contributed by atoms with E-state index in [1.807, 2.05) is 0 Å². The maximum absolute atomic E-state index is 13.7. The minimum Gasteiger partial charge on any atom is -0.466 e. The highest BCUT2D eigenvalue weighted by Gasteiger charge is 2.31.